The molecule has 1 aliphatic rings. The van der Waals surface area contributed by atoms with Gasteiger partial charge in [0.2, 0.25) is 0 Å². The second-order valence-electron chi connectivity index (χ2n) is 9.00. The molecule has 0 aromatic heterocycles. The molecule has 1 heterocycles. The molecule has 1 fully saturated rings. The number of carbonyl (C=O) groups excluding carboxylic acids is 3. The van der Waals surface area contributed by atoms with Crippen molar-refractivity contribution >= 4 is 45.5 Å². The van der Waals surface area contributed by atoms with Gasteiger partial charge in [-0.25, -0.2) is 9.69 Å². The molecule has 3 aromatic carbocycles. The van der Waals surface area contributed by atoms with E-state index in [9.17, 15) is 14.4 Å². The van der Waals surface area contributed by atoms with Gasteiger partial charge in [-0.3, -0.25) is 14.9 Å². The average Bonchev–Trinajstić information content (AvgIpc) is 2.89. The Labute approximate surface area is 235 Å². The Bertz CT molecular complexity index is 1450. The van der Waals surface area contributed by atoms with Gasteiger partial charge < -0.3 is 14.2 Å². The molecule has 1 N–H and O–H groups in total. The molecule has 4 amide bonds. The second-order valence-corrected chi connectivity index (χ2v) is 9.85. The zero-order valence-corrected chi connectivity index (χ0v) is 23.8. The molecule has 0 bridgehead atoms. The van der Waals surface area contributed by atoms with E-state index in [1.54, 1.807) is 36.4 Å². The number of aryl methyl sites for hydroxylation is 3. The Kier molecular flexibility index (Phi) is 8.71. The minimum Gasteiger partial charge on any atom is -0.490 e. The lowest BCUT2D eigenvalue weighted by Gasteiger charge is -2.26. The number of nitrogens with one attached hydrogen (secondary N) is 1. The van der Waals surface area contributed by atoms with Crippen LogP contribution in [0.25, 0.3) is 6.08 Å². The lowest BCUT2D eigenvalue weighted by Crippen LogP contribution is -2.54. The van der Waals surface area contributed by atoms with Crippen LogP contribution in [0.1, 0.15) is 29.2 Å². The summed E-state index contributed by atoms with van der Waals surface area (Å²) in [4.78, 5) is 39.3. The van der Waals surface area contributed by atoms with E-state index >= 15 is 0 Å². The molecule has 39 heavy (non-hydrogen) atoms. The van der Waals surface area contributed by atoms with Gasteiger partial charge in [-0.05, 0) is 103 Å². The number of hydrogen-bond acceptors (Lipinski definition) is 6. The topological polar surface area (TPSA) is 94.2 Å². The summed E-state index contributed by atoms with van der Waals surface area (Å²) in [5, 5.41) is 2.24. The Morgan fingerprint density at radius 1 is 0.872 bits per heavy atom. The van der Waals surface area contributed by atoms with Gasteiger partial charge in [-0.15, -0.1) is 0 Å². The second kappa shape index (κ2) is 12.2. The van der Waals surface area contributed by atoms with E-state index in [-0.39, 0.29) is 12.2 Å². The molecule has 1 aliphatic heterocycles. The van der Waals surface area contributed by atoms with Gasteiger partial charge in [0.25, 0.3) is 11.8 Å². The van der Waals surface area contributed by atoms with Crippen LogP contribution in [0, 0.1) is 20.8 Å². The highest BCUT2D eigenvalue weighted by Gasteiger charge is 2.36. The molecule has 0 atom stereocenters. The number of rotatable bonds is 9. The van der Waals surface area contributed by atoms with Crippen molar-refractivity contribution in [3.05, 3.63) is 86.9 Å². The number of urea groups is 1. The number of anilines is 1. The van der Waals surface area contributed by atoms with Gasteiger partial charge >= 0.3 is 6.03 Å². The van der Waals surface area contributed by atoms with Gasteiger partial charge in [0.15, 0.2) is 11.5 Å². The lowest BCUT2D eigenvalue weighted by atomic mass is 10.1. The summed E-state index contributed by atoms with van der Waals surface area (Å²) in [6, 6.07) is 15.4. The fraction of sp³-hybridized carbons (Fsp3) is 0.233. The normalized spacial score (nSPS) is 14.4. The molecule has 9 heteroatoms. The molecule has 3 aromatic rings. The summed E-state index contributed by atoms with van der Waals surface area (Å²) in [7, 11) is 0. The lowest BCUT2D eigenvalue weighted by molar-refractivity contribution is -0.122. The molecule has 202 valence electrons. The predicted molar refractivity (Wildman–Crippen MR) is 152 cm³/mol. The molecule has 1 saturated heterocycles. The maximum Gasteiger partial charge on any atom is 0.335 e. The van der Waals surface area contributed by atoms with Crippen molar-refractivity contribution in [1.29, 1.82) is 0 Å². The van der Waals surface area contributed by atoms with Crippen molar-refractivity contribution in [2.45, 2.75) is 27.7 Å². The van der Waals surface area contributed by atoms with E-state index in [0.29, 0.717) is 40.4 Å². The number of benzene rings is 3. The van der Waals surface area contributed by atoms with Crippen LogP contribution in [0.3, 0.4) is 0 Å². The van der Waals surface area contributed by atoms with Crippen LogP contribution in [-0.4, -0.2) is 37.7 Å². The third-order valence-corrected chi connectivity index (χ3v) is 6.70. The van der Waals surface area contributed by atoms with Crippen LogP contribution in [0.15, 0.2) is 64.6 Å². The molecule has 0 unspecified atom stereocenters. The van der Waals surface area contributed by atoms with Crippen molar-refractivity contribution < 1.29 is 28.6 Å². The maximum absolute atomic E-state index is 13.2. The Balaban J connectivity index is 1.54. The quantitative estimate of drug-likeness (QED) is 0.189. The largest absolute Gasteiger partial charge is 0.490 e. The summed E-state index contributed by atoms with van der Waals surface area (Å²) < 4.78 is 18.1. The van der Waals surface area contributed by atoms with Crippen molar-refractivity contribution in [1.82, 2.24) is 5.32 Å². The van der Waals surface area contributed by atoms with Crippen LogP contribution < -0.4 is 24.4 Å². The summed E-state index contributed by atoms with van der Waals surface area (Å²) in [6.07, 6.45) is 1.42. The smallest absolute Gasteiger partial charge is 0.335 e. The molecular weight excluding hydrogens is 564 g/mol. The van der Waals surface area contributed by atoms with E-state index < -0.39 is 17.8 Å². The zero-order chi connectivity index (χ0) is 28.1. The number of barbiturate groups is 1. The number of amides is 4. The van der Waals surface area contributed by atoms with Crippen LogP contribution in [0.5, 0.6) is 17.2 Å². The number of ether oxygens (including phenoxy) is 3. The highest BCUT2D eigenvalue weighted by molar-refractivity contribution is 9.10. The first kappa shape index (κ1) is 27.9. The van der Waals surface area contributed by atoms with Crippen LogP contribution in [0.4, 0.5) is 10.5 Å². The average molecular weight is 593 g/mol. The van der Waals surface area contributed by atoms with Crippen LogP contribution >= 0.6 is 15.9 Å². The molecule has 4 rings (SSSR count). The van der Waals surface area contributed by atoms with E-state index in [1.807, 2.05) is 45.9 Å². The molecule has 0 aliphatic carbocycles. The minimum atomic E-state index is -0.797. The summed E-state index contributed by atoms with van der Waals surface area (Å²) in [5.74, 6) is 0.178. The number of halogens is 1. The summed E-state index contributed by atoms with van der Waals surface area (Å²) in [5.41, 5.74) is 4.02. The Morgan fingerprint density at radius 3 is 2.28 bits per heavy atom. The van der Waals surface area contributed by atoms with Crippen molar-refractivity contribution in [2.24, 2.45) is 0 Å². The zero-order valence-electron chi connectivity index (χ0n) is 22.2. The third kappa shape index (κ3) is 6.49. The minimum absolute atomic E-state index is 0.181. The van der Waals surface area contributed by atoms with Gasteiger partial charge in [0.05, 0.1) is 16.8 Å². The monoisotopic (exact) mass is 592 g/mol. The molecule has 0 radical (unpaired) electrons. The van der Waals surface area contributed by atoms with E-state index in [1.165, 1.54) is 11.6 Å². The van der Waals surface area contributed by atoms with Gasteiger partial charge in [-0.2, -0.15) is 0 Å². The molecule has 0 spiro atoms. The fourth-order valence-electron chi connectivity index (χ4n) is 3.93. The molecular formula is C30H29BrN2O6. The van der Waals surface area contributed by atoms with E-state index in [2.05, 4.69) is 21.2 Å². The number of nitrogens with zero attached hydrogens (tertiary/aromatic N) is 1. The van der Waals surface area contributed by atoms with Crippen LogP contribution in [-0.2, 0) is 9.59 Å². The summed E-state index contributed by atoms with van der Waals surface area (Å²) in [6.45, 7) is 8.78. The number of hydrogen-bond donors (Lipinski definition) is 1. The van der Waals surface area contributed by atoms with Crippen LogP contribution in [0.2, 0.25) is 0 Å². The van der Waals surface area contributed by atoms with Crippen molar-refractivity contribution in [2.75, 3.05) is 24.7 Å². The highest BCUT2D eigenvalue weighted by Crippen LogP contribution is 2.38. The van der Waals surface area contributed by atoms with E-state index in [4.69, 9.17) is 14.2 Å². The fourth-order valence-corrected chi connectivity index (χ4v) is 4.51. The maximum atomic E-state index is 13.2. The molecule has 8 nitrogen and oxygen atoms in total. The number of carbonyl (C=O) groups is 3. The first-order valence-corrected chi connectivity index (χ1v) is 13.2. The Morgan fingerprint density at radius 2 is 1.59 bits per heavy atom. The first-order valence-electron chi connectivity index (χ1n) is 12.4. The standard InChI is InChI=1S/C30H29BrN2O6/c1-5-37-26-17-21(16-25(31)27(26)39-13-12-38-23-11-8-19(3)20(4)14-23)15-24-28(34)32-30(36)33(29(24)35)22-9-6-18(2)7-10-22/h6-11,14-17H,5,12-13H2,1-4H3,(H,32,34,36)/b24-15-. The SMILES string of the molecule is CCOc1cc(/C=C2/C(=O)NC(=O)N(c3ccc(C)cc3)C2=O)cc(Br)c1OCCOc1ccc(C)c(C)c1. The third-order valence-electron chi connectivity index (χ3n) is 6.11. The van der Waals surface area contributed by atoms with Crippen molar-refractivity contribution in [3.63, 3.8) is 0 Å². The summed E-state index contributed by atoms with van der Waals surface area (Å²) >= 11 is 3.52. The van der Waals surface area contributed by atoms with E-state index in [0.717, 1.165) is 21.8 Å². The Hall–Kier alpha value is -4.11. The predicted octanol–water partition coefficient (Wildman–Crippen LogP) is 5.90. The highest BCUT2D eigenvalue weighted by atomic mass is 79.9. The van der Waals surface area contributed by atoms with Gasteiger partial charge in [0, 0.05) is 0 Å². The number of imide groups is 2. The van der Waals surface area contributed by atoms with Gasteiger partial charge in [-0.1, -0.05) is 23.8 Å². The first-order chi connectivity index (χ1) is 18.7. The van der Waals surface area contributed by atoms with Gasteiger partial charge in [0.1, 0.15) is 24.5 Å². The van der Waals surface area contributed by atoms with Crippen molar-refractivity contribution in [3.8, 4) is 17.2 Å². The molecule has 0 saturated carbocycles.